The summed E-state index contributed by atoms with van der Waals surface area (Å²) in [6.07, 6.45) is 5.60. The number of aryl methyl sites for hydroxylation is 3. The molecule has 24 heavy (non-hydrogen) atoms. The van der Waals surface area contributed by atoms with E-state index in [0.717, 1.165) is 37.2 Å². The van der Waals surface area contributed by atoms with Crippen molar-refractivity contribution in [3.8, 4) is 5.75 Å². The van der Waals surface area contributed by atoms with Crippen LogP contribution in [-0.4, -0.2) is 39.8 Å². The normalized spacial score (nSPS) is 15.5. The summed E-state index contributed by atoms with van der Waals surface area (Å²) < 4.78 is 7.79. The van der Waals surface area contributed by atoms with Gasteiger partial charge in [0.25, 0.3) is 0 Å². The molecule has 0 atom stereocenters. The lowest BCUT2D eigenvalue weighted by atomic mass is 10.1. The van der Waals surface area contributed by atoms with E-state index in [1.165, 1.54) is 11.1 Å². The van der Waals surface area contributed by atoms with Crippen molar-refractivity contribution < 1.29 is 9.53 Å². The second-order valence-corrected chi connectivity index (χ2v) is 6.66. The summed E-state index contributed by atoms with van der Waals surface area (Å²) in [5, 5.41) is 4.18. The Labute approximate surface area is 143 Å². The lowest BCUT2D eigenvalue weighted by molar-refractivity contribution is -0.133. The quantitative estimate of drug-likeness (QED) is 0.867. The molecule has 0 spiro atoms. The average molecular weight is 327 g/mol. The molecule has 0 saturated carbocycles. The van der Waals surface area contributed by atoms with Crippen LogP contribution in [-0.2, 0) is 11.3 Å². The molecule has 128 valence electrons. The smallest absolute Gasteiger partial charge is 0.244 e. The lowest BCUT2D eigenvalue weighted by Crippen LogP contribution is -2.43. The molecule has 1 aromatic heterocycles. The van der Waals surface area contributed by atoms with Crippen LogP contribution in [0.1, 0.15) is 29.5 Å². The van der Waals surface area contributed by atoms with Gasteiger partial charge in [-0.05, 0) is 49.6 Å². The molecule has 1 saturated heterocycles. The highest BCUT2D eigenvalue weighted by molar-refractivity contribution is 5.76. The predicted octanol–water partition coefficient (Wildman–Crippen LogP) is 2.88. The van der Waals surface area contributed by atoms with Crippen LogP contribution in [0.4, 0.5) is 0 Å². The van der Waals surface area contributed by atoms with Crippen LogP contribution >= 0.6 is 0 Å². The second kappa shape index (κ2) is 7.07. The Balaban J connectivity index is 1.50. The van der Waals surface area contributed by atoms with Crippen molar-refractivity contribution >= 4 is 5.91 Å². The molecular weight excluding hydrogens is 302 g/mol. The van der Waals surface area contributed by atoms with E-state index in [4.69, 9.17) is 4.74 Å². The zero-order chi connectivity index (χ0) is 17.1. The van der Waals surface area contributed by atoms with E-state index < -0.39 is 0 Å². The fraction of sp³-hybridized carbons (Fsp3) is 0.474. The summed E-state index contributed by atoms with van der Waals surface area (Å²) in [6, 6.07) is 6.21. The van der Waals surface area contributed by atoms with Crippen molar-refractivity contribution in [3.63, 3.8) is 0 Å². The van der Waals surface area contributed by atoms with Crippen LogP contribution in [0, 0.1) is 20.8 Å². The van der Waals surface area contributed by atoms with Gasteiger partial charge in [0.05, 0.1) is 6.20 Å². The largest absolute Gasteiger partial charge is 0.490 e. The van der Waals surface area contributed by atoms with Gasteiger partial charge >= 0.3 is 0 Å². The molecule has 1 aliphatic rings. The topological polar surface area (TPSA) is 47.4 Å². The van der Waals surface area contributed by atoms with Gasteiger partial charge in [-0.3, -0.25) is 9.48 Å². The number of carbonyl (C=O) groups is 1. The molecule has 2 heterocycles. The second-order valence-electron chi connectivity index (χ2n) is 6.66. The molecule has 0 N–H and O–H groups in total. The minimum Gasteiger partial charge on any atom is -0.490 e. The standard InChI is InChI=1S/C19H25N3O2/c1-14-11-20-22(12-14)13-19(23)21-8-6-17(7-9-21)24-18-5-4-15(2)16(3)10-18/h4-5,10-12,17H,6-9,13H2,1-3H3. The first-order valence-electron chi connectivity index (χ1n) is 8.52. The maximum absolute atomic E-state index is 12.3. The molecular formula is C19H25N3O2. The first kappa shape index (κ1) is 16.6. The van der Waals surface area contributed by atoms with E-state index in [2.05, 4.69) is 31.1 Å². The zero-order valence-electron chi connectivity index (χ0n) is 14.7. The molecule has 1 aliphatic heterocycles. The summed E-state index contributed by atoms with van der Waals surface area (Å²) in [4.78, 5) is 14.3. The first-order chi connectivity index (χ1) is 11.5. The maximum atomic E-state index is 12.3. The average Bonchev–Trinajstić information content (AvgIpc) is 2.96. The highest BCUT2D eigenvalue weighted by atomic mass is 16.5. The number of likely N-dealkylation sites (tertiary alicyclic amines) is 1. The molecule has 5 heteroatoms. The van der Waals surface area contributed by atoms with E-state index in [0.29, 0.717) is 6.54 Å². The molecule has 0 aliphatic carbocycles. The summed E-state index contributed by atoms with van der Waals surface area (Å²) in [7, 11) is 0. The molecule has 5 nitrogen and oxygen atoms in total. The monoisotopic (exact) mass is 327 g/mol. The number of amides is 1. The number of piperidine rings is 1. The van der Waals surface area contributed by atoms with E-state index in [9.17, 15) is 4.79 Å². The van der Waals surface area contributed by atoms with Gasteiger partial charge in [0, 0.05) is 32.1 Å². The number of nitrogens with zero attached hydrogens (tertiary/aromatic N) is 3. The number of hydrogen-bond donors (Lipinski definition) is 0. The third-order valence-corrected chi connectivity index (χ3v) is 4.64. The Morgan fingerprint density at radius 3 is 2.58 bits per heavy atom. The highest BCUT2D eigenvalue weighted by Crippen LogP contribution is 2.21. The number of ether oxygens (including phenoxy) is 1. The van der Waals surface area contributed by atoms with Crippen LogP contribution in [0.5, 0.6) is 5.75 Å². The predicted molar refractivity (Wildman–Crippen MR) is 93.1 cm³/mol. The van der Waals surface area contributed by atoms with Gasteiger partial charge < -0.3 is 9.64 Å². The summed E-state index contributed by atoms with van der Waals surface area (Å²) >= 11 is 0. The van der Waals surface area contributed by atoms with Gasteiger partial charge in [0.2, 0.25) is 5.91 Å². The van der Waals surface area contributed by atoms with Gasteiger partial charge in [-0.25, -0.2) is 0 Å². The Bertz CT molecular complexity index is 715. The molecule has 3 rings (SSSR count). The molecule has 0 radical (unpaired) electrons. The number of benzene rings is 1. The summed E-state index contributed by atoms with van der Waals surface area (Å²) in [5.74, 6) is 1.05. The van der Waals surface area contributed by atoms with Crippen LogP contribution in [0.15, 0.2) is 30.6 Å². The zero-order valence-corrected chi connectivity index (χ0v) is 14.7. The molecule has 1 fully saturated rings. The fourth-order valence-corrected chi connectivity index (χ4v) is 2.99. The SMILES string of the molecule is Cc1cnn(CC(=O)N2CCC(Oc3ccc(C)c(C)c3)CC2)c1. The molecule has 0 bridgehead atoms. The third-order valence-electron chi connectivity index (χ3n) is 4.64. The number of hydrogen-bond acceptors (Lipinski definition) is 3. The van der Waals surface area contributed by atoms with Crippen LogP contribution in [0.3, 0.4) is 0 Å². The van der Waals surface area contributed by atoms with Gasteiger partial charge in [-0.2, -0.15) is 5.10 Å². The fourth-order valence-electron chi connectivity index (χ4n) is 2.99. The van der Waals surface area contributed by atoms with E-state index in [1.807, 2.05) is 24.1 Å². The van der Waals surface area contributed by atoms with E-state index >= 15 is 0 Å². The van der Waals surface area contributed by atoms with E-state index in [1.54, 1.807) is 10.9 Å². The van der Waals surface area contributed by atoms with Crippen LogP contribution in [0.25, 0.3) is 0 Å². The first-order valence-corrected chi connectivity index (χ1v) is 8.52. The van der Waals surface area contributed by atoms with Crippen LogP contribution < -0.4 is 4.74 Å². The van der Waals surface area contributed by atoms with Crippen molar-refractivity contribution in [2.24, 2.45) is 0 Å². The Morgan fingerprint density at radius 2 is 1.96 bits per heavy atom. The highest BCUT2D eigenvalue weighted by Gasteiger charge is 2.24. The van der Waals surface area contributed by atoms with Crippen molar-refractivity contribution in [1.82, 2.24) is 14.7 Å². The van der Waals surface area contributed by atoms with Gasteiger partial charge in [0.15, 0.2) is 0 Å². The lowest BCUT2D eigenvalue weighted by Gasteiger charge is -2.32. The minimum absolute atomic E-state index is 0.128. The number of aromatic nitrogens is 2. The summed E-state index contributed by atoms with van der Waals surface area (Å²) in [5.41, 5.74) is 3.59. The van der Waals surface area contributed by atoms with Crippen molar-refractivity contribution in [1.29, 1.82) is 0 Å². The van der Waals surface area contributed by atoms with Crippen molar-refractivity contribution in [3.05, 3.63) is 47.3 Å². The molecule has 1 amide bonds. The molecule has 2 aromatic rings. The maximum Gasteiger partial charge on any atom is 0.244 e. The van der Waals surface area contributed by atoms with Gasteiger partial charge in [0.1, 0.15) is 18.4 Å². The Morgan fingerprint density at radius 1 is 1.21 bits per heavy atom. The number of rotatable bonds is 4. The van der Waals surface area contributed by atoms with Crippen molar-refractivity contribution in [2.45, 2.75) is 46.3 Å². The van der Waals surface area contributed by atoms with Gasteiger partial charge in [-0.1, -0.05) is 6.07 Å². The Kier molecular flexibility index (Phi) is 4.88. The van der Waals surface area contributed by atoms with E-state index in [-0.39, 0.29) is 12.0 Å². The minimum atomic E-state index is 0.128. The molecule has 1 aromatic carbocycles. The number of carbonyl (C=O) groups excluding carboxylic acids is 1. The van der Waals surface area contributed by atoms with Crippen molar-refractivity contribution in [2.75, 3.05) is 13.1 Å². The Hall–Kier alpha value is -2.30. The third kappa shape index (κ3) is 3.96. The van der Waals surface area contributed by atoms with Gasteiger partial charge in [-0.15, -0.1) is 0 Å². The summed E-state index contributed by atoms with van der Waals surface area (Å²) in [6.45, 7) is 7.98. The van der Waals surface area contributed by atoms with Crippen LogP contribution in [0.2, 0.25) is 0 Å². The molecule has 0 unspecified atom stereocenters.